The Labute approximate surface area is 85.1 Å². The molecule has 0 spiro atoms. The Kier molecular flexibility index (Phi) is 2.04. The van der Waals surface area contributed by atoms with E-state index in [9.17, 15) is 0 Å². The zero-order valence-corrected chi connectivity index (χ0v) is 9.00. The molecule has 0 saturated heterocycles. The van der Waals surface area contributed by atoms with E-state index in [1.807, 2.05) is 12.1 Å². The molecule has 1 aromatic carbocycles. The van der Waals surface area contributed by atoms with Crippen molar-refractivity contribution in [1.82, 2.24) is 0 Å². The summed E-state index contributed by atoms with van der Waals surface area (Å²) in [6.07, 6.45) is 1.14. The van der Waals surface area contributed by atoms with Crippen LogP contribution in [0.2, 0.25) is 0 Å². The van der Waals surface area contributed by atoms with E-state index in [1.54, 1.807) is 0 Å². The first-order valence-electron chi connectivity index (χ1n) is 5.13. The van der Waals surface area contributed by atoms with Gasteiger partial charge >= 0.3 is 0 Å². The number of ether oxygens (including phenoxy) is 1. The zero-order valence-electron chi connectivity index (χ0n) is 9.00. The van der Waals surface area contributed by atoms with E-state index in [1.165, 1.54) is 11.1 Å². The van der Waals surface area contributed by atoms with Crippen molar-refractivity contribution >= 4 is 5.69 Å². The maximum absolute atomic E-state index is 5.98. The number of hydrogen-bond donors (Lipinski definition) is 1. The summed E-state index contributed by atoms with van der Waals surface area (Å²) in [5, 5.41) is 0. The largest absolute Gasteiger partial charge is 0.398 e. The molecule has 0 amide bonds. The van der Waals surface area contributed by atoms with Crippen LogP contribution in [0.3, 0.4) is 0 Å². The van der Waals surface area contributed by atoms with Crippen LogP contribution in [0.5, 0.6) is 0 Å². The van der Waals surface area contributed by atoms with Crippen molar-refractivity contribution < 1.29 is 4.74 Å². The number of rotatable bonds is 1. The second-order valence-corrected chi connectivity index (χ2v) is 4.33. The maximum Gasteiger partial charge on any atom is 0.0888 e. The first-order valence-corrected chi connectivity index (χ1v) is 5.13. The summed E-state index contributed by atoms with van der Waals surface area (Å²) < 4.78 is 5.97. The van der Waals surface area contributed by atoms with Crippen molar-refractivity contribution in [3.05, 3.63) is 29.3 Å². The topological polar surface area (TPSA) is 35.2 Å². The minimum absolute atomic E-state index is 0.168. The quantitative estimate of drug-likeness (QED) is 0.692. The lowest BCUT2D eigenvalue weighted by Gasteiger charge is -2.19. The van der Waals surface area contributed by atoms with Crippen LogP contribution < -0.4 is 5.73 Å². The van der Waals surface area contributed by atoms with Crippen molar-refractivity contribution in [3.63, 3.8) is 0 Å². The predicted molar refractivity (Wildman–Crippen MR) is 58.0 cm³/mol. The molecule has 2 nitrogen and oxygen atoms in total. The third-order valence-electron chi connectivity index (χ3n) is 2.92. The number of benzene rings is 1. The van der Waals surface area contributed by atoms with E-state index in [0.717, 1.165) is 12.1 Å². The van der Waals surface area contributed by atoms with E-state index in [4.69, 9.17) is 10.5 Å². The van der Waals surface area contributed by atoms with Gasteiger partial charge in [-0.2, -0.15) is 0 Å². The summed E-state index contributed by atoms with van der Waals surface area (Å²) in [6.45, 7) is 6.32. The van der Waals surface area contributed by atoms with Gasteiger partial charge in [-0.25, -0.2) is 0 Å². The van der Waals surface area contributed by atoms with Crippen LogP contribution >= 0.6 is 0 Å². The van der Waals surface area contributed by atoms with E-state index in [2.05, 4.69) is 26.8 Å². The Hall–Kier alpha value is -1.02. The highest BCUT2D eigenvalue weighted by atomic mass is 16.5. The minimum Gasteiger partial charge on any atom is -0.398 e. The third kappa shape index (κ3) is 1.22. The van der Waals surface area contributed by atoms with E-state index in [0.29, 0.717) is 0 Å². The van der Waals surface area contributed by atoms with Gasteiger partial charge in [0.25, 0.3) is 0 Å². The number of anilines is 1. The van der Waals surface area contributed by atoms with Gasteiger partial charge in [0.05, 0.1) is 11.7 Å². The Bertz CT molecular complexity index is 357. The normalized spacial score (nSPS) is 23.5. The second-order valence-electron chi connectivity index (χ2n) is 4.33. The van der Waals surface area contributed by atoms with Crippen LogP contribution in [0.1, 0.15) is 44.4 Å². The SMILES string of the molecule is CCC1OC(C)(C)c2cccc(N)c21. The summed E-state index contributed by atoms with van der Waals surface area (Å²) in [6, 6.07) is 6.06. The number of nitrogens with two attached hydrogens (primary N) is 1. The molecule has 76 valence electrons. The van der Waals surface area contributed by atoms with Crippen molar-refractivity contribution in [2.24, 2.45) is 0 Å². The lowest BCUT2D eigenvalue weighted by atomic mass is 9.93. The number of nitrogen functional groups attached to an aromatic ring is 1. The Morgan fingerprint density at radius 1 is 1.43 bits per heavy atom. The molecule has 0 radical (unpaired) electrons. The fourth-order valence-electron chi connectivity index (χ4n) is 2.23. The molecule has 0 fully saturated rings. The third-order valence-corrected chi connectivity index (χ3v) is 2.92. The fourth-order valence-corrected chi connectivity index (χ4v) is 2.23. The van der Waals surface area contributed by atoms with Crippen LogP contribution in [-0.4, -0.2) is 0 Å². The van der Waals surface area contributed by atoms with Gasteiger partial charge in [0, 0.05) is 11.3 Å². The molecule has 2 heteroatoms. The van der Waals surface area contributed by atoms with Gasteiger partial charge in [0.15, 0.2) is 0 Å². The first kappa shape index (κ1) is 9.53. The van der Waals surface area contributed by atoms with Crippen molar-refractivity contribution in [1.29, 1.82) is 0 Å². The minimum atomic E-state index is -0.189. The van der Waals surface area contributed by atoms with Crippen LogP contribution in [0.15, 0.2) is 18.2 Å². The molecule has 1 unspecified atom stereocenters. The molecular formula is C12H17NO. The average Bonchev–Trinajstić information content (AvgIpc) is 2.40. The predicted octanol–water partition coefficient (Wildman–Crippen LogP) is 2.99. The Morgan fingerprint density at radius 2 is 2.14 bits per heavy atom. The van der Waals surface area contributed by atoms with Crippen LogP contribution in [0, 0.1) is 0 Å². The van der Waals surface area contributed by atoms with Gasteiger partial charge in [-0.05, 0) is 31.9 Å². The van der Waals surface area contributed by atoms with Crippen molar-refractivity contribution in [2.45, 2.75) is 38.9 Å². The molecule has 2 rings (SSSR count). The van der Waals surface area contributed by atoms with Crippen molar-refractivity contribution in [2.75, 3.05) is 5.73 Å². The van der Waals surface area contributed by atoms with Gasteiger partial charge in [0.1, 0.15) is 0 Å². The average molecular weight is 191 g/mol. The van der Waals surface area contributed by atoms with Crippen LogP contribution in [0.4, 0.5) is 5.69 Å². The zero-order chi connectivity index (χ0) is 10.3. The van der Waals surface area contributed by atoms with Gasteiger partial charge in [-0.1, -0.05) is 19.1 Å². The molecule has 0 saturated carbocycles. The fraction of sp³-hybridized carbons (Fsp3) is 0.500. The monoisotopic (exact) mass is 191 g/mol. The van der Waals surface area contributed by atoms with Crippen LogP contribution in [-0.2, 0) is 10.3 Å². The summed E-state index contributed by atoms with van der Waals surface area (Å²) in [5.74, 6) is 0. The molecule has 0 aromatic heterocycles. The van der Waals surface area contributed by atoms with Gasteiger partial charge in [0.2, 0.25) is 0 Å². The first-order chi connectivity index (χ1) is 6.56. The molecule has 1 aromatic rings. The van der Waals surface area contributed by atoms with Crippen LogP contribution in [0.25, 0.3) is 0 Å². The summed E-state index contributed by atoms with van der Waals surface area (Å²) in [4.78, 5) is 0. The molecule has 0 bridgehead atoms. The summed E-state index contributed by atoms with van der Waals surface area (Å²) in [7, 11) is 0. The highest BCUT2D eigenvalue weighted by molar-refractivity contribution is 5.55. The Balaban J connectivity index is 2.59. The smallest absolute Gasteiger partial charge is 0.0888 e. The maximum atomic E-state index is 5.98. The van der Waals surface area contributed by atoms with E-state index >= 15 is 0 Å². The molecule has 1 aliphatic rings. The van der Waals surface area contributed by atoms with Crippen molar-refractivity contribution in [3.8, 4) is 0 Å². The number of hydrogen-bond acceptors (Lipinski definition) is 2. The lowest BCUT2D eigenvalue weighted by Crippen LogP contribution is -2.15. The molecular weight excluding hydrogens is 174 g/mol. The van der Waals surface area contributed by atoms with Gasteiger partial charge in [-0.3, -0.25) is 0 Å². The molecule has 1 atom stereocenters. The summed E-state index contributed by atoms with van der Waals surface area (Å²) >= 11 is 0. The highest BCUT2D eigenvalue weighted by Gasteiger charge is 2.37. The molecule has 1 heterocycles. The molecule has 14 heavy (non-hydrogen) atoms. The standard InChI is InChI=1S/C12H17NO/c1-4-10-11-8(12(2,3)14-10)6-5-7-9(11)13/h5-7,10H,4,13H2,1-3H3. The Morgan fingerprint density at radius 3 is 2.79 bits per heavy atom. The highest BCUT2D eigenvalue weighted by Crippen LogP contribution is 2.46. The van der Waals surface area contributed by atoms with E-state index in [-0.39, 0.29) is 11.7 Å². The molecule has 1 aliphatic heterocycles. The lowest BCUT2D eigenvalue weighted by molar-refractivity contribution is -0.0530. The second kappa shape index (κ2) is 2.99. The molecule has 0 aliphatic carbocycles. The van der Waals surface area contributed by atoms with Gasteiger partial charge < -0.3 is 10.5 Å². The summed E-state index contributed by atoms with van der Waals surface area (Å²) in [5.41, 5.74) is 9.09. The van der Waals surface area contributed by atoms with E-state index < -0.39 is 0 Å². The number of fused-ring (bicyclic) bond motifs is 1. The van der Waals surface area contributed by atoms with Gasteiger partial charge in [-0.15, -0.1) is 0 Å². The molecule has 2 N–H and O–H groups in total.